The van der Waals surface area contributed by atoms with Gasteiger partial charge in [0.2, 0.25) is 0 Å². The molecule has 0 spiro atoms. The summed E-state index contributed by atoms with van der Waals surface area (Å²) in [6.45, 7) is 13.5. The number of hydrogen-bond acceptors (Lipinski definition) is 2. The Balaban J connectivity index is 1.65. The van der Waals surface area contributed by atoms with Gasteiger partial charge in [-0.1, -0.05) is 20.4 Å². The fraction of sp³-hybridized carbons (Fsp3) is 0.846. The first kappa shape index (κ1) is 11.2. The molecular weight excluding hydrogens is 184 g/mol. The van der Waals surface area contributed by atoms with Gasteiger partial charge in [-0.15, -0.1) is 0 Å². The second-order valence-corrected chi connectivity index (χ2v) is 6.03. The van der Waals surface area contributed by atoms with Crippen molar-refractivity contribution in [1.82, 2.24) is 10.2 Å². The number of nitrogens with one attached hydrogen (secondary N) is 1. The van der Waals surface area contributed by atoms with Crippen LogP contribution in [-0.2, 0) is 0 Å². The second-order valence-electron chi connectivity index (χ2n) is 6.03. The summed E-state index contributed by atoms with van der Waals surface area (Å²) in [6.07, 6.45) is 4.06. The van der Waals surface area contributed by atoms with Crippen molar-refractivity contribution >= 4 is 0 Å². The van der Waals surface area contributed by atoms with Crippen LogP contribution in [-0.4, -0.2) is 37.1 Å². The van der Waals surface area contributed by atoms with E-state index >= 15 is 0 Å². The summed E-state index contributed by atoms with van der Waals surface area (Å²) in [5.41, 5.74) is 1.86. The molecule has 0 amide bonds. The van der Waals surface area contributed by atoms with Crippen LogP contribution in [0.5, 0.6) is 0 Å². The second kappa shape index (κ2) is 4.26. The molecule has 2 fully saturated rings. The van der Waals surface area contributed by atoms with E-state index in [0.29, 0.717) is 5.41 Å². The first-order valence-corrected chi connectivity index (χ1v) is 6.18. The molecule has 2 aliphatic rings. The molecule has 1 aliphatic heterocycles. The van der Waals surface area contributed by atoms with Crippen molar-refractivity contribution in [3.63, 3.8) is 0 Å². The first-order valence-electron chi connectivity index (χ1n) is 6.18. The van der Waals surface area contributed by atoms with Crippen LogP contribution in [0.4, 0.5) is 0 Å². The molecule has 0 aromatic carbocycles. The van der Waals surface area contributed by atoms with Crippen molar-refractivity contribution in [2.45, 2.75) is 39.2 Å². The topological polar surface area (TPSA) is 15.3 Å². The summed E-state index contributed by atoms with van der Waals surface area (Å²) in [6, 6.07) is 0.803. The Kier molecular flexibility index (Phi) is 3.17. The lowest BCUT2D eigenvalue weighted by molar-refractivity contribution is 0.308. The smallest absolute Gasteiger partial charge is 0.0203 e. The molecule has 0 aromatic heterocycles. The lowest BCUT2D eigenvalue weighted by atomic mass is 9.93. The summed E-state index contributed by atoms with van der Waals surface area (Å²) in [5, 5.41) is 3.52. The fourth-order valence-corrected chi connectivity index (χ4v) is 2.31. The zero-order valence-electron chi connectivity index (χ0n) is 10.2. The van der Waals surface area contributed by atoms with Crippen molar-refractivity contribution < 1.29 is 0 Å². The van der Waals surface area contributed by atoms with Crippen LogP contribution >= 0.6 is 0 Å². The molecule has 1 N–H and O–H groups in total. The zero-order chi connectivity index (χ0) is 10.9. The quantitative estimate of drug-likeness (QED) is 0.695. The van der Waals surface area contributed by atoms with Gasteiger partial charge < -0.3 is 5.32 Å². The molecule has 0 atom stereocenters. The van der Waals surface area contributed by atoms with Gasteiger partial charge in [0.1, 0.15) is 0 Å². The third-order valence-corrected chi connectivity index (χ3v) is 3.42. The van der Waals surface area contributed by atoms with E-state index in [-0.39, 0.29) is 0 Å². The predicted molar refractivity (Wildman–Crippen MR) is 65.0 cm³/mol. The van der Waals surface area contributed by atoms with Gasteiger partial charge >= 0.3 is 0 Å². The summed E-state index contributed by atoms with van der Waals surface area (Å²) in [7, 11) is 0. The van der Waals surface area contributed by atoms with E-state index in [1.54, 1.807) is 0 Å². The summed E-state index contributed by atoms with van der Waals surface area (Å²) < 4.78 is 0. The summed E-state index contributed by atoms with van der Waals surface area (Å²) >= 11 is 0. The molecule has 0 bridgehead atoms. The molecule has 1 aliphatic carbocycles. The van der Waals surface area contributed by atoms with E-state index in [4.69, 9.17) is 0 Å². The molecule has 2 nitrogen and oxygen atoms in total. The van der Waals surface area contributed by atoms with Gasteiger partial charge in [-0.2, -0.15) is 0 Å². The largest absolute Gasteiger partial charge is 0.310 e. The van der Waals surface area contributed by atoms with E-state index < -0.39 is 0 Å². The van der Waals surface area contributed by atoms with E-state index in [9.17, 15) is 0 Å². The maximum Gasteiger partial charge on any atom is 0.0203 e. The Morgan fingerprint density at radius 2 is 2.20 bits per heavy atom. The first-order chi connectivity index (χ1) is 7.05. The Morgan fingerprint density at radius 1 is 1.47 bits per heavy atom. The summed E-state index contributed by atoms with van der Waals surface area (Å²) in [5.74, 6) is 0. The van der Waals surface area contributed by atoms with Gasteiger partial charge in [-0.25, -0.2) is 0 Å². The van der Waals surface area contributed by atoms with Crippen LogP contribution in [0, 0.1) is 5.41 Å². The predicted octanol–water partition coefficient (Wildman–Crippen LogP) is 2.03. The van der Waals surface area contributed by atoms with E-state index in [1.807, 2.05) is 0 Å². The molecule has 86 valence electrons. The van der Waals surface area contributed by atoms with Crippen molar-refractivity contribution in [1.29, 1.82) is 0 Å². The zero-order valence-corrected chi connectivity index (χ0v) is 10.2. The van der Waals surface area contributed by atoms with Crippen molar-refractivity contribution in [2.24, 2.45) is 5.41 Å². The highest BCUT2D eigenvalue weighted by Crippen LogP contribution is 2.28. The Labute approximate surface area is 93.7 Å². The highest BCUT2D eigenvalue weighted by molar-refractivity contribution is 5.03. The van der Waals surface area contributed by atoms with Crippen LogP contribution < -0.4 is 5.32 Å². The molecule has 0 aromatic rings. The SMILES string of the molecule is C=C(CNC1CC1)CN1CCC(C)(C)C1. The normalized spacial score (nSPS) is 25.7. The monoisotopic (exact) mass is 208 g/mol. The van der Waals surface area contributed by atoms with Crippen LogP contribution in [0.25, 0.3) is 0 Å². The molecule has 1 saturated carbocycles. The van der Waals surface area contributed by atoms with Gasteiger partial charge in [-0.05, 0) is 36.8 Å². The van der Waals surface area contributed by atoms with Gasteiger partial charge in [-0.3, -0.25) is 4.90 Å². The molecule has 2 rings (SSSR count). The summed E-state index contributed by atoms with van der Waals surface area (Å²) in [4.78, 5) is 2.54. The number of hydrogen-bond donors (Lipinski definition) is 1. The highest BCUT2D eigenvalue weighted by Gasteiger charge is 2.29. The third-order valence-electron chi connectivity index (χ3n) is 3.42. The van der Waals surface area contributed by atoms with Crippen LogP contribution in [0.1, 0.15) is 33.1 Å². The maximum atomic E-state index is 4.16. The number of nitrogens with zero attached hydrogens (tertiary/aromatic N) is 1. The van der Waals surface area contributed by atoms with Crippen molar-refractivity contribution in [3.05, 3.63) is 12.2 Å². The molecule has 1 saturated heterocycles. The standard InChI is InChI=1S/C13H24N2/c1-11(8-14-12-4-5-12)9-15-7-6-13(2,3)10-15/h12,14H,1,4-10H2,2-3H3. The highest BCUT2D eigenvalue weighted by atomic mass is 15.2. The van der Waals surface area contributed by atoms with Crippen molar-refractivity contribution in [2.75, 3.05) is 26.2 Å². The average molecular weight is 208 g/mol. The Morgan fingerprint density at radius 3 is 2.73 bits per heavy atom. The number of rotatable bonds is 5. The molecule has 1 heterocycles. The lowest BCUT2D eigenvalue weighted by Crippen LogP contribution is -2.29. The van der Waals surface area contributed by atoms with Crippen LogP contribution in [0.2, 0.25) is 0 Å². The minimum Gasteiger partial charge on any atom is -0.310 e. The molecule has 0 radical (unpaired) electrons. The van der Waals surface area contributed by atoms with Gasteiger partial charge in [0.05, 0.1) is 0 Å². The molecular formula is C13H24N2. The Hall–Kier alpha value is -0.340. The molecule has 15 heavy (non-hydrogen) atoms. The third kappa shape index (κ3) is 3.62. The van der Waals surface area contributed by atoms with Crippen molar-refractivity contribution in [3.8, 4) is 0 Å². The van der Waals surface area contributed by atoms with E-state index in [0.717, 1.165) is 19.1 Å². The van der Waals surface area contributed by atoms with E-state index in [2.05, 4.69) is 30.6 Å². The fourth-order valence-electron chi connectivity index (χ4n) is 2.31. The van der Waals surface area contributed by atoms with Crippen LogP contribution in [0.15, 0.2) is 12.2 Å². The minimum absolute atomic E-state index is 0.518. The Bertz CT molecular complexity index is 241. The maximum absolute atomic E-state index is 4.16. The van der Waals surface area contributed by atoms with Gasteiger partial charge in [0.15, 0.2) is 0 Å². The van der Waals surface area contributed by atoms with Gasteiger partial charge in [0, 0.05) is 25.7 Å². The molecule has 2 heteroatoms. The van der Waals surface area contributed by atoms with E-state index in [1.165, 1.54) is 37.9 Å². The number of likely N-dealkylation sites (tertiary alicyclic amines) is 1. The molecule has 0 unspecified atom stereocenters. The lowest BCUT2D eigenvalue weighted by Gasteiger charge is -2.20. The minimum atomic E-state index is 0.518. The van der Waals surface area contributed by atoms with Gasteiger partial charge in [0.25, 0.3) is 0 Å². The average Bonchev–Trinajstić information content (AvgIpc) is 2.89. The van der Waals surface area contributed by atoms with Crippen LogP contribution in [0.3, 0.4) is 0 Å².